The molecular formula is C26H29F3N6O. The number of benzene rings is 1. The third-order valence-electron chi connectivity index (χ3n) is 7.24. The van der Waals surface area contributed by atoms with Gasteiger partial charge in [-0.1, -0.05) is 24.8 Å². The second kappa shape index (κ2) is 9.93. The average Bonchev–Trinajstić information content (AvgIpc) is 3.32. The maximum atomic E-state index is 13.8. The summed E-state index contributed by atoms with van der Waals surface area (Å²) in [6.45, 7) is 6.52. The molecule has 1 aliphatic carbocycles. The number of aromatic amines is 1. The molecule has 0 bridgehead atoms. The van der Waals surface area contributed by atoms with Crippen LogP contribution in [0.25, 0.3) is 22.2 Å². The molecule has 10 heteroatoms. The number of rotatable bonds is 5. The van der Waals surface area contributed by atoms with E-state index in [2.05, 4.69) is 31.7 Å². The van der Waals surface area contributed by atoms with Gasteiger partial charge in [-0.25, -0.2) is 9.97 Å². The molecule has 5 rings (SSSR count). The van der Waals surface area contributed by atoms with E-state index in [1.807, 2.05) is 17.0 Å². The topological polar surface area (TPSA) is 77.2 Å². The average molecular weight is 499 g/mol. The van der Waals surface area contributed by atoms with E-state index in [0.717, 1.165) is 50.5 Å². The smallest absolute Gasteiger partial charge is 0.360 e. The Morgan fingerprint density at radius 2 is 1.94 bits per heavy atom. The lowest BCUT2D eigenvalue weighted by Crippen LogP contribution is -2.53. The number of carbonyl (C=O) groups is 1. The summed E-state index contributed by atoms with van der Waals surface area (Å²) in [4.78, 5) is 27.5. The van der Waals surface area contributed by atoms with Crippen LogP contribution in [0.3, 0.4) is 0 Å². The van der Waals surface area contributed by atoms with Gasteiger partial charge in [-0.05, 0) is 37.8 Å². The van der Waals surface area contributed by atoms with Crippen LogP contribution in [0.4, 0.5) is 19.1 Å². The van der Waals surface area contributed by atoms with Crippen LogP contribution in [0.2, 0.25) is 0 Å². The van der Waals surface area contributed by atoms with Gasteiger partial charge in [0.25, 0.3) is 0 Å². The van der Waals surface area contributed by atoms with Gasteiger partial charge in [0.2, 0.25) is 11.9 Å². The van der Waals surface area contributed by atoms with Crippen molar-refractivity contribution in [3.05, 3.63) is 54.9 Å². The third-order valence-corrected chi connectivity index (χ3v) is 7.24. The predicted molar refractivity (Wildman–Crippen MR) is 132 cm³/mol. The quantitative estimate of drug-likeness (QED) is 0.499. The number of H-pyrrole nitrogens is 1. The van der Waals surface area contributed by atoms with E-state index in [0.29, 0.717) is 30.1 Å². The summed E-state index contributed by atoms with van der Waals surface area (Å²) in [5.74, 6) is 0.165. The maximum absolute atomic E-state index is 13.8. The lowest BCUT2D eigenvalue weighted by Gasteiger charge is -2.42. The van der Waals surface area contributed by atoms with E-state index >= 15 is 0 Å². The molecule has 2 N–H and O–H groups in total. The van der Waals surface area contributed by atoms with E-state index in [-0.39, 0.29) is 23.6 Å². The highest BCUT2D eigenvalue weighted by Gasteiger charge is 2.36. The minimum Gasteiger partial charge on any atom is -0.360 e. The number of carbonyl (C=O) groups excluding carboxylic acids is 1. The van der Waals surface area contributed by atoms with Gasteiger partial charge in [-0.15, -0.1) is 0 Å². The van der Waals surface area contributed by atoms with Gasteiger partial charge in [0.15, 0.2) is 0 Å². The zero-order chi connectivity index (χ0) is 25.3. The van der Waals surface area contributed by atoms with Crippen LogP contribution >= 0.6 is 0 Å². The Labute approximate surface area is 207 Å². The first kappa shape index (κ1) is 24.3. The molecule has 1 aromatic carbocycles. The summed E-state index contributed by atoms with van der Waals surface area (Å²) in [7, 11) is 0. The van der Waals surface area contributed by atoms with Gasteiger partial charge in [-0.3, -0.25) is 9.69 Å². The molecule has 0 unspecified atom stereocenters. The van der Waals surface area contributed by atoms with Gasteiger partial charge in [0, 0.05) is 67.1 Å². The highest BCUT2D eigenvalue weighted by molar-refractivity contribution is 5.95. The number of nitrogens with one attached hydrogen (secondary N) is 2. The standard InChI is InChI=1S/C26H29F3N6O/c1-2-23(36)35-12-10-34(11-13-35)18-7-5-6-17(14-18)32-25-31-16-21(26(27,28)29)24(33-25)20-15-30-22-9-4-3-8-19(20)22/h2-4,8-9,15-18,30H,1,5-7,10-14H2,(H,31,32,33)/t17-,18+/m1/s1. The maximum Gasteiger partial charge on any atom is 0.419 e. The molecule has 0 radical (unpaired) electrons. The molecule has 36 heavy (non-hydrogen) atoms. The van der Waals surface area contributed by atoms with Crippen molar-refractivity contribution in [3.8, 4) is 11.3 Å². The van der Waals surface area contributed by atoms with Gasteiger partial charge in [0.05, 0.1) is 5.69 Å². The number of piperazine rings is 1. The minimum atomic E-state index is -4.57. The number of anilines is 1. The van der Waals surface area contributed by atoms with E-state index in [4.69, 9.17) is 0 Å². The number of aromatic nitrogens is 3. The summed E-state index contributed by atoms with van der Waals surface area (Å²) < 4.78 is 41.5. The number of nitrogens with zero attached hydrogens (tertiary/aromatic N) is 4. The number of hydrogen-bond acceptors (Lipinski definition) is 5. The predicted octanol–water partition coefficient (Wildman–Crippen LogP) is 4.70. The fraction of sp³-hybridized carbons (Fsp3) is 0.423. The van der Waals surface area contributed by atoms with Crippen LogP contribution in [0.5, 0.6) is 0 Å². The molecule has 7 nitrogen and oxygen atoms in total. The summed E-state index contributed by atoms with van der Waals surface area (Å²) in [6, 6.07) is 7.63. The highest BCUT2D eigenvalue weighted by atomic mass is 19.4. The van der Waals surface area contributed by atoms with Crippen molar-refractivity contribution in [1.29, 1.82) is 0 Å². The number of para-hydroxylation sites is 1. The van der Waals surface area contributed by atoms with Gasteiger partial charge in [0.1, 0.15) is 5.56 Å². The van der Waals surface area contributed by atoms with Crippen LogP contribution in [0.1, 0.15) is 31.2 Å². The highest BCUT2D eigenvalue weighted by Crippen LogP contribution is 2.39. The van der Waals surface area contributed by atoms with Crippen molar-refractivity contribution in [2.75, 3.05) is 31.5 Å². The lowest BCUT2D eigenvalue weighted by atomic mass is 9.89. The summed E-state index contributed by atoms with van der Waals surface area (Å²) in [5.41, 5.74) is 0.162. The molecule has 1 amide bonds. The Bertz CT molecular complexity index is 1250. The van der Waals surface area contributed by atoms with Crippen molar-refractivity contribution in [2.24, 2.45) is 0 Å². The monoisotopic (exact) mass is 498 g/mol. The Balaban J connectivity index is 1.33. The number of fused-ring (bicyclic) bond motifs is 1. The van der Waals surface area contributed by atoms with Crippen molar-refractivity contribution in [1.82, 2.24) is 24.8 Å². The zero-order valence-electron chi connectivity index (χ0n) is 19.9. The largest absolute Gasteiger partial charge is 0.419 e. The fourth-order valence-corrected chi connectivity index (χ4v) is 5.38. The van der Waals surface area contributed by atoms with Crippen LogP contribution in [-0.2, 0) is 11.0 Å². The van der Waals surface area contributed by atoms with Crippen LogP contribution < -0.4 is 5.32 Å². The van der Waals surface area contributed by atoms with Gasteiger partial charge in [-0.2, -0.15) is 13.2 Å². The van der Waals surface area contributed by atoms with Gasteiger partial charge >= 0.3 is 6.18 Å². The Kier molecular flexibility index (Phi) is 6.70. The zero-order valence-corrected chi connectivity index (χ0v) is 19.9. The normalized spacial score (nSPS) is 21.5. The number of alkyl halides is 3. The van der Waals surface area contributed by atoms with Crippen LogP contribution in [0, 0.1) is 0 Å². The van der Waals surface area contributed by atoms with E-state index in [9.17, 15) is 18.0 Å². The van der Waals surface area contributed by atoms with Crippen LogP contribution in [0.15, 0.2) is 49.3 Å². The second-order valence-electron chi connectivity index (χ2n) is 9.43. The van der Waals surface area contributed by atoms with Crippen molar-refractivity contribution in [2.45, 2.75) is 43.9 Å². The van der Waals surface area contributed by atoms with E-state index in [1.165, 1.54) is 6.08 Å². The molecule has 1 saturated carbocycles. The molecule has 1 saturated heterocycles. The molecule has 2 atom stereocenters. The Morgan fingerprint density at radius 1 is 1.17 bits per heavy atom. The summed E-state index contributed by atoms with van der Waals surface area (Å²) in [5, 5.41) is 3.99. The number of halogens is 3. The lowest BCUT2D eigenvalue weighted by molar-refractivity contribution is -0.137. The third kappa shape index (κ3) is 4.95. The van der Waals surface area contributed by atoms with Crippen molar-refractivity contribution >= 4 is 22.8 Å². The molecule has 2 aliphatic rings. The second-order valence-corrected chi connectivity index (χ2v) is 9.43. The molecule has 2 aromatic heterocycles. The molecule has 2 fully saturated rings. The molecular weight excluding hydrogens is 469 g/mol. The summed E-state index contributed by atoms with van der Waals surface area (Å²) in [6.07, 6.45) is 3.04. The number of amides is 1. The van der Waals surface area contributed by atoms with Gasteiger partial charge < -0.3 is 15.2 Å². The SMILES string of the molecule is C=CC(=O)N1CCN([C@H]2CCC[C@@H](Nc3ncc(C(F)(F)F)c(-c4c[nH]c5ccccc45)n3)C2)CC1. The fourth-order valence-electron chi connectivity index (χ4n) is 5.38. The Morgan fingerprint density at radius 3 is 2.69 bits per heavy atom. The Hall–Kier alpha value is -3.40. The van der Waals surface area contributed by atoms with Crippen LogP contribution in [-0.4, -0.2) is 68.9 Å². The van der Waals surface area contributed by atoms with Crippen molar-refractivity contribution in [3.63, 3.8) is 0 Å². The molecule has 3 aromatic rings. The summed E-state index contributed by atoms with van der Waals surface area (Å²) >= 11 is 0. The minimum absolute atomic E-state index is 0.0386. The number of hydrogen-bond donors (Lipinski definition) is 2. The first-order chi connectivity index (χ1) is 17.3. The molecule has 0 spiro atoms. The molecule has 190 valence electrons. The molecule has 3 heterocycles. The van der Waals surface area contributed by atoms with E-state index in [1.54, 1.807) is 18.3 Å². The molecule has 1 aliphatic heterocycles. The first-order valence-electron chi connectivity index (χ1n) is 12.3. The van der Waals surface area contributed by atoms with Crippen molar-refractivity contribution < 1.29 is 18.0 Å². The van der Waals surface area contributed by atoms with E-state index < -0.39 is 11.7 Å². The first-order valence-corrected chi connectivity index (χ1v) is 12.3.